The maximum atomic E-state index is 12.7. The summed E-state index contributed by atoms with van der Waals surface area (Å²) in [6, 6.07) is 11.9. The molecule has 0 aliphatic carbocycles. The molecule has 2 aromatic carbocycles. The van der Waals surface area contributed by atoms with Crippen LogP contribution in [0, 0.1) is 13.8 Å². The van der Waals surface area contributed by atoms with Gasteiger partial charge in [0, 0.05) is 22.3 Å². The Morgan fingerprint density at radius 2 is 2.00 bits per heavy atom. The molecule has 0 fully saturated rings. The van der Waals surface area contributed by atoms with Gasteiger partial charge in [-0.15, -0.1) is 0 Å². The third-order valence-corrected chi connectivity index (χ3v) is 6.24. The van der Waals surface area contributed by atoms with Crippen LogP contribution in [-0.4, -0.2) is 22.5 Å². The van der Waals surface area contributed by atoms with Gasteiger partial charge in [0.25, 0.3) is 5.91 Å². The molecule has 0 unspecified atom stereocenters. The van der Waals surface area contributed by atoms with Gasteiger partial charge in [0.2, 0.25) is 0 Å². The van der Waals surface area contributed by atoms with Crippen LogP contribution in [-0.2, 0) is 6.54 Å². The van der Waals surface area contributed by atoms with Crippen molar-refractivity contribution in [3.8, 4) is 0 Å². The Bertz CT molecular complexity index is 1000. The number of nitrogens with zero attached hydrogens (tertiary/aromatic N) is 2. The number of carbonyl (C=O) groups is 1. The Kier molecular flexibility index (Phi) is 5.81. The minimum absolute atomic E-state index is 0.188. The van der Waals surface area contributed by atoms with E-state index in [1.165, 1.54) is 5.56 Å². The summed E-state index contributed by atoms with van der Waals surface area (Å²) in [7, 11) is 0. The second-order valence-electron chi connectivity index (χ2n) is 5.86. The summed E-state index contributed by atoms with van der Waals surface area (Å²) in [6.45, 7) is 4.89. The smallest absolute Gasteiger partial charge is 0.279 e. The summed E-state index contributed by atoms with van der Waals surface area (Å²) in [5, 5.41) is 0. The number of halogens is 1. The molecule has 6 heteroatoms. The number of thiazole rings is 1. The van der Waals surface area contributed by atoms with E-state index in [1.54, 1.807) is 23.1 Å². The van der Waals surface area contributed by atoms with Crippen molar-refractivity contribution in [2.75, 3.05) is 12.0 Å². The Hall–Kier alpha value is -1.37. The number of carbonyl (C=O) groups excluding carboxylic acids is 1. The minimum Gasteiger partial charge on any atom is -0.316 e. The normalized spacial score (nSPS) is 12.1. The van der Waals surface area contributed by atoms with Crippen LogP contribution < -0.4 is 4.80 Å². The van der Waals surface area contributed by atoms with Crippen molar-refractivity contribution in [1.82, 2.24) is 4.57 Å². The molecular formula is C19H19BrN2OS2. The number of thioether (sulfide) groups is 1. The van der Waals surface area contributed by atoms with Gasteiger partial charge in [0.1, 0.15) is 0 Å². The van der Waals surface area contributed by atoms with E-state index in [9.17, 15) is 4.79 Å². The summed E-state index contributed by atoms with van der Waals surface area (Å²) in [6.07, 6.45) is 2.09. The van der Waals surface area contributed by atoms with Crippen molar-refractivity contribution in [2.24, 2.45) is 4.99 Å². The number of benzene rings is 2. The molecule has 0 saturated carbocycles. The number of aryl methyl sites for hydroxylation is 3. The topological polar surface area (TPSA) is 34.4 Å². The van der Waals surface area contributed by atoms with Crippen LogP contribution in [0.1, 0.15) is 21.5 Å². The monoisotopic (exact) mass is 434 g/mol. The molecule has 1 heterocycles. The van der Waals surface area contributed by atoms with Gasteiger partial charge in [0.05, 0.1) is 10.2 Å². The van der Waals surface area contributed by atoms with Crippen LogP contribution in [0.5, 0.6) is 0 Å². The number of aromatic nitrogens is 1. The lowest BCUT2D eigenvalue weighted by molar-refractivity contribution is 0.0998. The SMILES string of the molecule is CSCCn1c(=NC(=O)c2ccc(C)c(C)c2)sc2cc(Br)ccc21. The molecule has 1 amide bonds. The largest absolute Gasteiger partial charge is 0.316 e. The summed E-state index contributed by atoms with van der Waals surface area (Å²) in [5.41, 5.74) is 4.04. The standard InChI is InChI=1S/C19H19BrN2OS2/c1-12-4-5-14(10-13(12)2)18(23)21-19-22(8-9-24-3)16-7-6-15(20)11-17(16)25-19/h4-7,10-11H,8-9H2,1-3H3. The molecular weight excluding hydrogens is 416 g/mol. The van der Waals surface area contributed by atoms with Gasteiger partial charge in [-0.05, 0) is 61.6 Å². The van der Waals surface area contributed by atoms with Crippen LogP contribution >= 0.6 is 39.0 Å². The summed E-state index contributed by atoms with van der Waals surface area (Å²) < 4.78 is 4.30. The zero-order valence-corrected chi connectivity index (χ0v) is 17.6. The summed E-state index contributed by atoms with van der Waals surface area (Å²) >= 11 is 6.86. The molecule has 0 spiro atoms. The molecule has 0 atom stereocenters. The van der Waals surface area contributed by atoms with Gasteiger partial charge in [-0.3, -0.25) is 4.79 Å². The predicted molar refractivity (Wildman–Crippen MR) is 112 cm³/mol. The van der Waals surface area contributed by atoms with Gasteiger partial charge >= 0.3 is 0 Å². The van der Waals surface area contributed by atoms with Crippen LogP contribution in [0.15, 0.2) is 45.9 Å². The van der Waals surface area contributed by atoms with E-state index in [4.69, 9.17) is 0 Å². The second-order valence-corrected chi connectivity index (χ2v) is 8.77. The molecule has 0 bridgehead atoms. The van der Waals surface area contributed by atoms with Crippen LogP contribution in [0.2, 0.25) is 0 Å². The number of hydrogen-bond donors (Lipinski definition) is 0. The quantitative estimate of drug-likeness (QED) is 0.566. The van der Waals surface area contributed by atoms with E-state index >= 15 is 0 Å². The van der Waals surface area contributed by atoms with Crippen molar-refractivity contribution < 1.29 is 4.79 Å². The zero-order chi connectivity index (χ0) is 18.0. The Morgan fingerprint density at radius 1 is 1.20 bits per heavy atom. The van der Waals surface area contributed by atoms with Crippen molar-refractivity contribution >= 4 is 55.2 Å². The van der Waals surface area contributed by atoms with Gasteiger partial charge in [0.15, 0.2) is 4.80 Å². The molecule has 130 valence electrons. The fraction of sp³-hybridized carbons (Fsp3) is 0.263. The van der Waals surface area contributed by atoms with E-state index in [0.29, 0.717) is 5.56 Å². The average molecular weight is 435 g/mol. The summed E-state index contributed by atoms with van der Waals surface area (Å²) in [5.74, 6) is 0.791. The van der Waals surface area contributed by atoms with E-state index < -0.39 is 0 Å². The van der Waals surface area contributed by atoms with Gasteiger partial charge in [-0.1, -0.05) is 33.3 Å². The van der Waals surface area contributed by atoms with Crippen molar-refractivity contribution in [3.63, 3.8) is 0 Å². The molecule has 1 aromatic heterocycles. The van der Waals surface area contributed by atoms with E-state index in [1.807, 2.05) is 38.1 Å². The Morgan fingerprint density at radius 3 is 2.72 bits per heavy atom. The molecule has 0 saturated heterocycles. The first-order valence-electron chi connectivity index (χ1n) is 7.94. The zero-order valence-electron chi connectivity index (χ0n) is 14.4. The maximum absolute atomic E-state index is 12.7. The Balaban J connectivity index is 2.10. The highest BCUT2D eigenvalue weighted by molar-refractivity contribution is 9.10. The first-order valence-corrected chi connectivity index (χ1v) is 10.9. The molecule has 3 aromatic rings. The van der Waals surface area contributed by atoms with Crippen molar-refractivity contribution in [2.45, 2.75) is 20.4 Å². The van der Waals surface area contributed by atoms with Gasteiger partial charge in [-0.2, -0.15) is 16.8 Å². The molecule has 25 heavy (non-hydrogen) atoms. The van der Waals surface area contributed by atoms with Crippen LogP contribution in [0.3, 0.4) is 0 Å². The highest BCUT2D eigenvalue weighted by atomic mass is 79.9. The number of hydrogen-bond acceptors (Lipinski definition) is 3. The lowest BCUT2D eigenvalue weighted by Crippen LogP contribution is -2.18. The lowest BCUT2D eigenvalue weighted by Gasteiger charge is -2.04. The molecule has 0 radical (unpaired) electrons. The van der Waals surface area contributed by atoms with Gasteiger partial charge < -0.3 is 4.57 Å². The third kappa shape index (κ3) is 4.07. The fourth-order valence-electron chi connectivity index (χ4n) is 2.56. The fourth-order valence-corrected chi connectivity index (χ4v) is 4.53. The maximum Gasteiger partial charge on any atom is 0.279 e. The second kappa shape index (κ2) is 7.89. The van der Waals surface area contributed by atoms with Gasteiger partial charge in [-0.25, -0.2) is 0 Å². The number of fused-ring (bicyclic) bond motifs is 1. The first kappa shape index (κ1) is 18.4. The molecule has 0 aliphatic heterocycles. The average Bonchev–Trinajstić information content (AvgIpc) is 2.91. The third-order valence-electron chi connectivity index (χ3n) is 4.11. The first-order chi connectivity index (χ1) is 12.0. The molecule has 3 rings (SSSR count). The Labute approximate surface area is 163 Å². The van der Waals surface area contributed by atoms with Crippen molar-refractivity contribution in [3.05, 3.63) is 62.4 Å². The van der Waals surface area contributed by atoms with E-state index in [2.05, 4.69) is 43.9 Å². The number of rotatable bonds is 4. The highest BCUT2D eigenvalue weighted by Crippen LogP contribution is 2.22. The molecule has 3 nitrogen and oxygen atoms in total. The molecule has 0 aliphatic rings. The predicted octanol–water partition coefficient (Wildman–Crippen LogP) is 5.19. The number of amides is 1. The minimum atomic E-state index is -0.188. The highest BCUT2D eigenvalue weighted by Gasteiger charge is 2.10. The van der Waals surface area contributed by atoms with E-state index in [-0.39, 0.29) is 5.91 Å². The molecule has 0 N–H and O–H groups in total. The lowest BCUT2D eigenvalue weighted by atomic mass is 10.1. The van der Waals surface area contributed by atoms with Crippen LogP contribution in [0.4, 0.5) is 0 Å². The summed E-state index contributed by atoms with van der Waals surface area (Å²) in [4.78, 5) is 17.9. The van der Waals surface area contributed by atoms with Crippen LogP contribution in [0.25, 0.3) is 10.2 Å². The van der Waals surface area contributed by atoms with E-state index in [0.717, 1.165) is 37.4 Å². The van der Waals surface area contributed by atoms with Crippen molar-refractivity contribution in [1.29, 1.82) is 0 Å².